The molecule has 0 aromatic carbocycles. The maximum atomic E-state index is 12.3. The van der Waals surface area contributed by atoms with Gasteiger partial charge in [-0.2, -0.15) is 0 Å². The van der Waals surface area contributed by atoms with E-state index in [1.165, 1.54) is 0 Å². The second-order valence-electron chi connectivity index (χ2n) is 1.61. The van der Waals surface area contributed by atoms with Crippen LogP contribution in [0.2, 0.25) is 0 Å². The van der Waals surface area contributed by atoms with Crippen LogP contribution in [0.5, 0.6) is 0 Å². The molecule has 0 aromatic rings. The zero-order valence-corrected chi connectivity index (χ0v) is 5.64. The molecule has 4 N–H and O–H groups in total. The second kappa shape index (κ2) is 3.36. The van der Waals surface area contributed by atoms with Gasteiger partial charge in [-0.25, -0.2) is 4.39 Å². The van der Waals surface area contributed by atoms with Gasteiger partial charge >= 0.3 is 0 Å². The molecule has 0 radical (unpaired) electrons. The van der Waals surface area contributed by atoms with E-state index < -0.39 is 23.4 Å². The van der Waals surface area contributed by atoms with Gasteiger partial charge in [0.1, 0.15) is 0 Å². The largest absolute Gasteiger partial charge is 0.368 e. The smallest absolute Gasteiger partial charge is 0.254 e. The Kier molecular flexibility index (Phi) is 3.08. The molecular weight excluding hydrogens is 163 g/mol. The van der Waals surface area contributed by atoms with Gasteiger partial charge in [-0.05, 0) is 0 Å². The molecule has 0 rings (SSSR count). The van der Waals surface area contributed by atoms with Crippen molar-refractivity contribution in [2.24, 2.45) is 11.5 Å². The summed E-state index contributed by atoms with van der Waals surface area (Å²) in [6.07, 6.45) is -2.21. The van der Waals surface area contributed by atoms with Crippen molar-refractivity contribution in [3.63, 3.8) is 0 Å². The second-order valence-corrected chi connectivity index (χ2v) is 2.08. The predicted molar refractivity (Wildman–Crippen MR) is 32.9 cm³/mol. The fourth-order valence-corrected chi connectivity index (χ4v) is 0.413. The van der Waals surface area contributed by atoms with Crippen LogP contribution in [-0.4, -0.2) is 23.4 Å². The molecule has 0 aliphatic heterocycles. The highest BCUT2D eigenvalue weighted by atomic mass is 35.5. The first-order valence-corrected chi connectivity index (χ1v) is 2.77. The zero-order chi connectivity index (χ0) is 8.31. The number of hydrogen-bond acceptors (Lipinski definition) is 2. The maximum absolute atomic E-state index is 12.3. The standard InChI is InChI=1S/C4H6ClFN2O2/c5-1(3(7)9)2(6)4(8)10/h1-2H,(H2,7,9)(H2,8,10). The Morgan fingerprint density at radius 2 is 1.70 bits per heavy atom. The fraction of sp³-hybridized carbons (Fsp3) is 0.500. The van der Waals surface area contributed by atoms with Crippen LogP contribution in [0.15, 0.2) is 0 Å². The van der Waals surface area contributed by atoms with E-state index in [-0.39, 0.29) is 0 Å². The third-order valence-corrected chi connectivity index (χ3v) is 1.24. The first kappa shape index (κ1) is 9.16. The molecule has 0 bridgehead atoms. The highest BCUT2D eigenvalue weighted by molar-refractivity contribution is 6.32. The number of hydrogen-bond donors (Lipinski definition) is 2. The highest BCUT2D eigenvalue weighted by Crippen LogP contribution is 2.05. The van der Waals surface area contributed by atoms with Gasteiger partial charge in [-0.3, -0.25) is 9.59 Å². The molecule has 0 saturated heterocycles. The van der Waals surface area contributed by atoms with Crippen LogP contribution in [0.3, 0.4) is 0 Å². The van der Waals surface area contributed by atoms with Crippen molar-refractivity contribution in [1.82, 2.24) is 0 Å². The Labute approximate surface area is 61.3 Å². The van der Waals surface area contributed by atoms with E-state index in [0.29, 0.717) is 0 Å². The van der Waals surface area contributed by atoms with Crippen LogP contribution in [0.25, 0.3) is 0 Å². The van der Waals surface area contributed by atoms with Crippen LogP contribution >= 0.6 is 11.6 Å². The molecule has 0 aliphatic carbocycles. The van der Waals surface area contributed by atoms with Gasteiger partial charge in [-0.1, -0.05) is 0 Å². The van der Waals surface area contributed by atoms with Crippen molar-refractivity contribution < 1.29 is 14.0 Å². The quantitative estimate of drug-likeness (QED) is 0.525. The molecule has 6 heteroatoms. The Morgan fingerprint density at radius 1 is 1.30 bits per heavy atom. The third-order valence-electron chi connectivity index (χ3n) is 0.801. The average molecular weight is 169 g/mol. The highest BCUT2D eigenvalue weighted by Gasteiger charge is 2.28. The Morgan fingerprint density at radius 3 is 1.80 bits per heavy atom. The molecule has 0 aliphatic rings. The van der Waals surface area contributed by atoms with Crippen molar-refractivity contribution in [2.45, 2.75) is 11.5 Å². The maximum Gasteiger partial charge on any atom is 0.254 e. The number of carbonyl (C=O) groups is 2. The molecule has 10 heavy (non-hydrogen) atoms. The van der Waals surface area contributed by atoms with Crippen LogP contribution < -0.4 is 11.5 Å². The third kappa shape index (κ3) is 2.18. The van der Waals surface area contributed by atoms with Crippen molar-refractivity contribution in [1.29, 1.82) is 0 Å². The van der Waals surface area contributed by atoms with Gasteiger partial charge in [0.25, 0.3) is 5.91 Å². The van der Waals surface area contributed by atoms with E-state index in [1.54, 1.807) is 0 Å². The van der Waals surface area contributed by atoms with Gasteiger partial charge in [0, 0.05) is 0 Å². The topological polar surface area (TPSA) is 86.2 Å². The summed E-state index contributed by atoms with van der Waals surface area (Å²) in [5.41, 5.74) is 9.02. The number of rotatable bonds is 3. The van der Waals surface area contributed by atoms with E-state index in [1.807, 2.05) is 0 Å². The summed E-state index contributed by atoms with van der Waals surface area (Å²) < 4.78 is 12.3. The van der Waals surface area contributed by atoms with Crippen molar-refractivity contribution in [3.8, 4) is 0 Å². The lowest BCUT2D eigenvalue weighted by Gasteiger charge is -2.05. The SMILES string of the molecule is NC(=O)C(F)C(Cl)C(N)=O. The lowest BCUT2D eigenvalue weighted by atomic mass is 10.2. The minimum Gasteiger partial charge on any atom is -0.368 e. The molecule has 0 fully saturated rings. The van der Waals surface area contributed by atoms with E-state index in [9.17, 15) is 14.0 Å². The van der Waals surface area contributed by atoms with Gasteiger partial charge in [0.15, 0.2) is 5.38 Å². The van der Waals surface area contributed by atoms with E-state index in [4.69, 9.17) is 11.6 Å². The summed E-state index contributed by atoms with van der Waals surface area (Å²) in [5, 5.41) is -1.67. The first-order valence-electron chi connectivity index (χ1n) is 2.33. The fourth-order valence-electron chi connectivity index (χ4n) is 0.288. The summed E-state index contributed by atoms with van der Waals surface area (Å²) in [5.74, 6) is -2.40. The Hall–Kier alpha value is -0.840. The number of amides is 2. The molecule has 2 unspecified atom stereocenters. The van der Waals surface area contributed by atoms with E-state index >= 15 is 0 Å². The molecule has 4 nitrogen and oxygen atoms in total. The molecule has 58 valence electrons. The van der Waals surface area contributed by atoms with Gasteiger partial charge in [-0.15, -0.1) is 11.6 Å². The predicted octanol–water partition coefficient (Wildman–Crippen LogP) is -1.10. The average Bonchev–Trinajstić information content (AvgIpc) is 1.84. The summed E-state index contributed by atoms with van der Waals surface area (Å²) in [7, 11) is 0. The summed E-state index contributed by atoms with van der Waals surface area (Å²) in [6, 6.07) is 0. The van der Waals surface area contributed by atoms with Gasteiger partial charge in [0.2, 0.25) is 12.1 Å². The summed E-state index contributed by atoms with van der Waals surface area (Å²) >= 11 is 5.01. The van der Waals surface area contributed by atoms with Crippen molar-refractivity contribution >= 4 is 23.4 Å². The lowest BCUT2D eigenvalue weighted by Crippen LogP contribution is -2.40. The van der Waals surface area contributed by atoms with Gasteiger partial charge in [0.05, 0.1) is 0 Å². The number of alkyl halides is 2. The van der Waals surface area contributed by atoms with Crippen LogP contribution in [0.4, 0.5) is 4.39 Å². The van der Waals surface area contributed by atoms with Crippen LogP contribution in [0.1, 0.15) is 0 Å². The number of carbonyl (C=O) groups excluding carboxylic acids is 2. The molecule has 0 saturated carbocycles. The molecule has 2 amide bonds. The molecular formula is C4H6ClFN2O2. The molecule has 2 atom stereocenters. The minimum absolute atomic E-state index is 1.10. The Bertz CT molecular complexity index is 145. The van der Waals surface area contributed by atoms with Crippen molar-refractivity contribution in [3.05, 3.63) is 0 Å². The van der Waals surface area contributed by atoms with Crippen LogP contribution in [-0.2, 0) is 9.59 Å². The van der Waals surface area contributed by atoms with Crippen molar-refractivity contribution in [2.75, 3.05) is 0 Å². The summed E-state index contributed by atoms with van der Waals surface area (Å²) in [6.45, 7) is 0. The first-order chi connectivity index (χ1) is 4.46. The molecule has 0 spiro atoms. The monoisotopic (exact) mass is 168 g/mol. The Balaban J connectivity index is 4.07. The summed E-state index contributed by atoms with van der Waals surface area (Å²) in [4.78, 5) is 20.1. The normalized spacial score (nSPS) is 15.8. The lowest BCUT2D eigenvalue weighted by molar-refractivity contribution is -0.127. The van der Waals surface area contributed by atoms with Gasteiger partial charge < -0.3 is 11.5 Å². The molecule has 0 heterocycles. The van der Waals surface area contributed by atoms with E-state index in [2.05, 4.69) is 11.5 Å². The molecule has 0 aromatic heterocycles. The minimum atomic E-state index is -2.21. The number of primary amides is 2. The number of nitrogens with two attached hydrogens (primary N) is 2. The van der Waals surface area contributed by atoms with Crippen LogP contribution in [0, 0.1) is 0 Å². The zero-order valence-electron chi connectivity index (χ0n) is 4.88. The number of halogens is 2. The van der Waals surface area contributed by atoms with E-state index in [0.717, 1.165) is 0 Å².